The van der Waals surface area contributed by atoms with Crippen molar-refractivity contribution < 1.29 is 9.53 Å². The van der Waals surface area contributed by atoms with Crippen LogP contribution in [0.25, 0.3) is 6.08 Å². The van der Waals surface area contributed by atoms with E-state index in [0.29, 0.717) is 11.9 Å². The Balaban J connectivity index is 1.52. The largest absolute Gasteiger partial charge is 0.439 e. The molecule has 24 heavy (non-hydrogen) atoms. The zero-order chi connectivity index (χ0) is 16.6. The Bertz CT molecular complexity index is 675. The standard InChI is InChI=1S/C20H22N2O2/c23-19(22-17-7-3-1-4-8-17)13-11-16-12-14-20(21-15-16)24-18-9-5-2-6-10-18/h2,5-6,9-15,17H,1,3-4,7-8H2,(H,22,23). The molecule has 1 aromatic carbocycles. The smallest absolute Gasteiger partial charge is 0.244 e. The Labute approximate surface area is 142 Å². The van der Waals surface area contributed by atoms with Gasteiger partial charge in [0, 0.05) is 24.4 Å². The molecule has 0 aliphatic heterocycles. The maximum absolute atomic E-state index is 11.9. The molecular formula is C20H22N2O2. The van der Waals surface area contributed by atoms with Crippen LogP contribution in [0.3, 0.4) is 0 Å². The van der Waals surface area contributed by atoms with Crippen LogP contribution < -0.4 is 10.1 Å². The molecule has 0 saturated heterocycles. The van der Waals surface area contributed by atoms with E-state index in [0.717, 1.165) is 24.2 Å². The van der Waals surface area contributed by atoms with Gasteiger partial charge >= 0.3 is 0 Å². The van der Waals surface area contributed by atoms with Crippen molar-refractivity contribution in [3.63, 3.8) is 0 Å². The van der Waals surface area contributed by atoms with Gasteiger partial charge < -0.3 is 10.1 Å². The van der Waals surface area contributed by atoms with Crippen molar-refractivity contribution in [3.05, 3.63) is 60.3 Å². The van der Waals surface area contributed by atoms with Gasteiger partial charge in [-0.15, -0.1) is 0 Å². The van der Waals surface area contributed by atoms with Gasteiger partial charge in [-0.3, -0.25) is 4.79 Å². The SMILES string of the molecule is O=C(C=Cc1ccc(Oc2ccccc2)nc1)NC1CCCCC1. The zero-order valence-electron chi connectivity index (χ0n) is 13.7. The average molecular weight is 322 g/mol. The molecule has 1 N–H and O–H groups in total. The van der Waals surface area contributed by atoms with Crippen molar-refractivity contribution in [1.29, 1.82) is 0 Å². The highest BCUT2D eigenvalue weighted by atomic mass is 16.5. The second-order valence-corrected chi connectivity index (χ2v) is 6.02. The predicted octanol–water partition coefficient (Wildman–Crippen LogP) is 4.34. The van der Waals surface area contributed by atoms with Crippen LogP contribution in [0.2, 0.25) is 0 Å². The quantitative estimate of drug-likeness (QED) is 0.833. The summed E-state index contributed by atoms with van der Waals surface area (Å²) < 4.78 is 5.64. The van der Waals surface area contributed by atoms with Crippen LogP contribution in [0.1, 0.15) is 37.7 Å². The molecule has 2 aromatic rings. The Kier molecular flexibility index (Phi) is 5.61. The molecule has 4 nitrogen and oxygen atoms in total. The molecule has 1 fully saturated rings. The minimum Gasteiger partial charge on any atom is -0.439 e. The van der Waals surface area contributed by atoms with Crippen LogP contribution in [0, 0.1) is 0 Å². The van der Waals surface area contributed by atoms with E-state index < -0.39 is 0 Å². The molecule has 1 heterocycles. The fraction of sp³-hybridized carbons (Fsp3) is 0.300. The van der Waals surface area contributed by atoms with Gasteiger partial charge in [0.15, 0.2) is 0 Å². The lowest BCUT2D eigenvalue weighted by Gasteiger charge is -2.21. The number of ether oxygens (including phenoxy) is 1. The summed E-state index contributed by atoms with van der Waals surface area (Å²) >= 11 is 0. The van der Waals surface area contributed by atoms with Crippen molar-refractivity contribution in [3.8, 4) is 11.6 Å². The van der Waals surface area contributed by atoms with Crippen molar-refractivity contribution in [2.75, 3.05) is 0 Å². The molecule has 1 aliphatic rings. The molecule has 3 rings (SSSR count). The van der Waals surface area contributed by atoms with E-state index in [1.54, 1.807) is 24.4 Å². The van der Waals surface area contributed by atoms with Gasteiger partial charge in [-0.25, -0.2) is 4.98 Å². The molecule has 1 saturated carbocycles. The number of nitrogens with zero attached hydrogens (tertiary/aromatic N) is 1. The van der Waals surface area contributed by atoms with E-state index in [-0.39, 0.29) is 5.91 Å². The van der Waals surface area contributed by atoms with E-state index in [4.69, 9.17) is 4.74 Å². The number of carbonyl (C=O) groups is 1. The van der Waals surface area contributed by atoms with Crippen molar-refractivity contribution in [2.24, 2.45) is 0 Å². The lowest BCUT2D eigenvalue weighted by molar-refractivity contribution is -0.117. The monoisotopic (exact) mass is 322 g/mol. The maximum atomic E-state index is 11.9. The van der Waals surface area contributed by atoms with Crippen molar-refractivity contribution in [2.45, 2.75) is 38.1 Å². The van der Waals surface area contributed by atoms with Gasteiger partial charge in [-0.2, -0.15) is 0 Å². The second-order valence-electron chi connectivity index (χ2n) is 6.02. The van der Waals surface area contributed by atoms with E-state index in [9.17, 15) is 4.79 Å². The van der Waals surface area contributed by atoms with Gasteiger partial charge in [0.1, 0.15) is 5.75 Å². The molecule has 1 aliphatic carbocycles. The summed E-state index contributed by atoms with van der Waals surface area (Å²) in [5.41, 5.74) is 0.870. The van der Waals surface area contributed by atoms with Crippen LogP contribution in [0.4, 0.5) is 0 Å². The lowest BCUT2D eigenvalue weighted by atomic mass is 9.95. The highest BCUT2D eigenvalue weighted by molar-refractivity contribution is 5.91. The van der Waals surface area contributed by atoms with Crippen LogP contribution >= 0.6 is 0 Å². The lowest BCUT2D eigenvalue weighted by Crippen LogP contribution is -2.34. The van der Waals surface area contributed by atoms with Crippen LogP contribution in [-0.4, -0.2) is 16.9 Å². The molecule has 4 heteroatoms. The molecular weight excluding hydrogens is 300 g/mol. The van der Waals surface area contributed by atoms with Gasteiger partial charge in [0.25, 0.3) is 0 Å². The molecule has 1 aromatic heterocycles. The first-order valence-corrected chi connectivity index (χ1v) is 8.47. The topological polar surface area (TPSA) is 51.2 Å². The Hall–Kier alpha value is -2.62. The summed E-state index contributed by atoms with van der Waals surface area (Å²) in [7, 11) is 0. The van der Waals surface area contributed by atoms with E-state index in [2.05, 4.69) is 10.3 Å². The minimum atomic E-state index is -0.0356. The second kappa shape index (κ2) is 8.29. The Morgan fingerprint density at radius 3 is 2.58 bits per heavy atom. The summed E-state index contributed by atoms with van der Waals surface area (Å²) in [6.45, 7) is 0. The van der Waals surface area contributed by atoms with E-state index in [1.807, 2.05) is 36.4 Å². The molecule has 0 bridgehead atoms. The van der Waals surface area contributed by atoms with Gasteiger partial charge in [0.2, 0.25) is 11.8 Å². The number of amides is 1. The number of hydrogen-bond donors (Lipinski definition) is 1. The average Bonchev–Trinajstić information content (AvgIpc) is 2.63. The first kappa shape index (κ1) is 16.2. The highest BCUT2D eigenvalue weighted by Crippen LogP contribution is 2.19. The van der Waals surface area contributed by atoms with Crippen molar-refractivity contribution >= 4 is 12.0 Å². The third-order valence-corrected chi connectivity index (χ3v) is 4.10. The van der Waals surface area contributed by atoms with Gasteiger partial charge in [-0.05, 0) is 42.7 Å². The maximum Gasteiger partial charge on any atom is 0.244 e. The third-order valence-electron chi connectivity index (χ3n) is 4.10. The number of hydrogen-bond acceptors (Lipinski definition) is 3. The number of pyridine rings is 1. The number of carbonyl (C=O) groups excluding carboxylic acids is 1. The van der Waals surface area contributed by atoms with Gasteiger partial charge in [0.05, 0.1) is 0 Å². The molecule has 0 unspecified atom stereocenters. The molecule has 0 spiro atoms. The first-order valence-electron chi connectivity index (χ1n) is 8.47. The molecule has 124 valence electrons. The number of benzene rings is 1. The number of nitrogens with one attached hydrogen (secondary N) is 1. The van der Waals surface area contributed by atoms with E-state index in [1.165, 1.54) is 19.3 Å². The van der Waals surface area contributed by atoms with Crippen LogP contribution in [0.15, 0.2) is 54.7 Å². The van der Waals surface area contributed by atoms with E-state index >= 15 is 0 Å². The Morgan fingerprint density at radius 1 is 1.08 bits per heavy atom. The normalized spacial score (nSPS) is 15.3. The third kappa shape index (κ3) is 4.95. The van der Waals surface area contributed by atoms with Gasteiger partial charge in [-0.1, -0.05) is 37.5 Å². The van der Waals surface area contributed by atoms with Crippen LogP contribution in [-0.2, 0) is 4.79 Å². The molecule has 0 radical (unpaired) electrons. The minimum absolute atomic E-state index is 0.0356. The first-order chi connectivity index (χ1) is 11.8. The summed E-state index contributed by atoms with van der Waals surface area (Å²) in [5.74, 6) is 1.25. The number of aromatic nitrogens is 1. The summed E-state index contributed by atoms with van der Waals surface area (Å²) in [5, 5.41) is 3.06. The molecule has 0 atom stereocenters. The fourth-order valence-electron chi connectivity index (χ4n) is 2.83. The predicted molar refractivity (Wildman–Crippen MR) is 94.8 cm³/mol. The zero-order valence-corrected chi connectivity index (χ0v) is 13.7. The summed E-state index contributed by atoms with van der Waals surface area (Å²) in [6, 6.07) is 13.5. The highest BCUT2D eigenvalue weighted by Gasteiger charge is 2.14. The summed E-state index contributed by atoms with van der Waals surface area (Å²) in [6.07, 6.45) is 10.9. The molecule has 1 amide bonds. The number of rotatable bonds is 5. The summed E-state index contributed by atoms with van der Waals surface area (Å²) in [4.78, 5) is 16.2. The number of para-hydroxylation sites is 1. The van der Waals surface area contributed by atoms with Crippen LogP contribution in [0.5, 0.6) is 11.6 Å². The Morgan fingerprint density at radius 2 is 1.88 bits per heavy atom. The van der Waals surface area contributed by atoms with Crippen molar-refractivity contribution in [1.82, 2.24) is 10.3 Å². The fourth-order valence-corrected chi connectivity index (χ4v) is 2.83.